The van der Waals surface area contributed by atoms with E-state index in [1.807, 2.05) is 12.1 Å². The van der Waals surface area contributed by atoms with Crippen molar-refractivity contribution in [2.45, 2.75) is 38.6 Å². The van der Waals surface area contributed by atoms with Crippen LogP contribution in [0.25, 0.3) is 33.2 Å². The molecule has 2 aromatic heterocycles. The van der Waals surface area contributed by atoms with Gasteiger partial charge in [0.15, 0.2) is 0 Å². The molecule has 0 radical (unpaired) electrons. The van der Waals surface area contributed by atoms with E-state index < -0.39 is 10.1 Å². The monoisotopic (exact) mass is 525 g/mol. The maximum absolute atomic E-state index is 13.2. The largest absolute Gasteiger partial charge is 0.487 e. The number of methoxy groups -OCH3 is 1. The first-order valence-corrected chi connectivity index (χ1v) is 13.9. The standard InChI is InChI=1S/C25H27N5O6S/c1-14-9-16-12-29(14)7-8-30-25(31)18-6-4-5-17(21(18)28-30)22-24(34-2)26-19-10-15(13-35-37(3,32)33)11-20(36-16)23(19)27-22/h4-6,10-11,14,16,28H,7-9,12-13H2,1-3H3/t14-,16?/m1/s1. The van der Waals surface area contributed by atoms with Gasteiger partial charge in [-0.05, 0) is 30.7 Å². The third-order valence-electron chi connectivity index (χ3n) is 7.01. The van der Waals surface area contributed by atoms with Gasteiger partial charge in [-0.1, -0.05) is 12.1 Å². The van der Waals surface area contributed by atoms with Crippen LogP contribution in [0.5, 0.6) is 11.6 Å². The van der Waals surface area contributed by atoms with Crippen LogP contribution in [0.4, 0.5) is 0 Å². The van der Waals surface area contributed by atoms with E-state index in [2.05, 4.69) is 16.9 Å². The number of fused-ring (bicyclic) bond motifs is 5. The lowest BCUT2D eigenvalue weighted by molar-refractivity contribution is 0.195. The van der Waals surface area contributed by atoms with Crippen LogP contribution in [0.1, 0.15) is 18.9 Å². The minimum atomic E-state index is -3.64. The zero-order valence-corrected chi connectivity index (χ0v) is 21.5. The molecular formula is C25H27N5O6S. The van der Waals surface area contributed by atoms with Crippen LogP contribution in [0.3, 0.4) is 0 Å². The highest BCUT2D eigenvalue weighted by atomic mass is 32.2. The van der Waals surface area contributed by atoms with E-state index in [9.17, 15) is 13.2 Å². The van der Waals surface area contributed by atoms with Gasteiger partial charge in [-0.15, -0.1) is 0 Å². The van der Waals surface area contributed by atoms with Crippen LogP contribution in [-0.2, 0) is 27.5 Å². The fraction of sp³-hybridized carbons (Fsp3) is 0.400. The van der Waals surface area contributed by atoms with E-state index in [1.165, 1.54) is 7.11 Å². The number of rotatable bonds is 4. The lowest BCUT2D eigenvalue weighted by Gasteiger charge is -2.21. The number of benzene rings is 2. The Labute approximate surface area is 213 Å². The lowest BCUT2D eigenvalue weighted by atomic mass is 10.1. The van der Waals surface area contributed by atoms with Gasteiger partial charge in [0.25, 0.3) is 15.7 Å². The molecule has 1 N–H and O–H groups in total. The highest BCUT2D eigenvalue weighted by Crippen LogP contribution is 2.37. The number of aromatic amines is 1. The second-order valence-corrected chi connectivity index (χ2v) is 11.3. The Morgan fingerprint density at radius 1 is 1.22 bits per heavy atom. The molecule has 12 heteroatoms. The molecule has 2 aliphatic rings. The maximum Gasteiger partial charge on any atom is 0.274 e. The minimum Gasteiger partial charge on any atom is -0.487 e. The summed E-state index contributed by atoms with van der Waals surface area (Å²) in [6, 6.07) is 9.23. The smallest absolute Gasteiger partial charge is 0.274 e. The summed E-state index contributed by atoms with van der Waals surface area (Å²) in [5.41, 5.74) is 3.31. The number of hydrogen-bond donors (Lipinski definition) is 1. The number of aromatic nitrogens is 4. The van der Waals surface area contributed by atoms with Gasteiger partial charge in [0.1, 0.15) is 23.1 Å². The van der Waals surface area contributed by atoms with E-state index in [1.54, 1.807) is 22.9 Å². The van der Waals surface area contributed by atoms with Crippen LogP contribution >= 0.6 is 0 Å². The third-order valence-corrected chi connectivity index (χ3v) is 7.55. The highest BCUT2D eigenvalue weighted by molar-refractivity contribution is 7.85. The summed E-state index contributed by atoms with van der Waals surface area (Å²) in [6.07, 6.45) is 1.70. The fourth-order valence-corrected chi connectivity index (χ4v) is 5.57. The first kappa shape index (κ1) is 23.9. The van der Waals surface area contributed by atoms with Crippen molar-refractivity contribution in [2.75, 3.05) is 26.5 Å². The normalized spacial score (nSPS) is 21.4. The molecule has 0 spiro atoms. The molecule has 2 aromatic carbocycles. The number of para-hydroxylation sites is 1. The van der Waals surface area contributed by atoms with Crippen LogP contribution in [0.15, 0.2) is 35.1 Å². The van der Waals surface area contributed by atoms with E-state index in [0.29, 0.717) is 64.1 Å². The highest BCUT2D eigenvalue weighted by Gasteiger charge is 2.31. The van der Waals surface area contributed by atoms with Gasteiger partial charge in [0.2, 0.25) is 5.88 Å². The van der Waals surface area contributed by atoms with Crippen LogP contribution in [-0.4, -0.2) is 71.7 Å². The van der Waals surface area contributed by atoms with Gasteiger partial charge < -0.3 is 9.47 Å². The van der Waals surface area contributed by atoms with Crippen LogP contribution in [0.2, 0.25) is 0 Å². The lowest BCUT2D eigenvalue weighted by Crippen LogP contribution is -2.33. The van der Waals surface area contributed by atoms with Crippen molar-refractivity contribution in [1.82, 2.24) is 24.6 Å². The van der Waals surface area contributed by atoms with Gasteiger partial charge in [-0.3, -0.25) is 23.7 Å². The molecule has 1 fully saturated rings. The zero-order valence-electron chi connectivity index (χ0n) is 20.7. The minimum absolute atomic E-state index is 0.0877. The summed E-state index contributed by atoms with van der Waals surface area (Å²) in [6.45, 7) is 3.87. The average Bonchev–Trinajstić information content (AvgIpc) is 3.38. The van der Waals surface area contributed by atoms with Gasteiger partial charge in [0.05, 0.1) is 42.9 Å². The molecule has 2 unspecified atom stereocenters. The predicted octanol–water partition coefficient (Wildman–Crippen LogP) is 2.28. The Hall–Kier alpha value is -3.48. The summed E-state index contributed by atoms with van der Waals surface area (Å²) < 4.78 is 42.0. The molecular weight excluding hydrogens is 498 g/mol. The number of H-pyrrole nitrogens is 1. The van der Waals surface area contributed by atoms with Crippen molar-refractivity contribution in [1.29, 1.82) is 0 Å². The SMILES string of the molecule is COc1nc2cc(COS(C)(=O)=O)cc3c2nc1-c1cccc2c(=O)n([nH]c12)CCN1CC(C[C@H]1C)O3. The van der Waals surface area contributed by atoms with Crippen molar-refractivity contribution in [2.24, 2.45) is 0 Å². The Morgan fingerprint density at radius 3 is 2.84 bits per heavy atom. The summed E-state index contributed by atoms with van der Waals surface area (Å²) in [7, 11) is -2.13. The molecule has 1 saturated heterocycles. The van der Waals surface area contributed by atoms with Crippen molar-refractivity contribution < 1.29 is 22.1 Å². The summed E-state index contributed by atoms with van der Waals surface area (Å²) in [5.74, 6) is 0.767. The first-order valence-electron chi connectivity index (χ1n) is 12.1. The van der Waals surface area contributed by atoms with E-state index in [-0.39, 0.29) is 30.2 Å². The Morgan fingerprint density at radius 2 is 2.05 bits per heavy atom. The molecule has 0 saturated carbocycles. The quantitative estimate of drug-likeness (QED) is 0.399. The molecule has 11 nitrogen and oxygen atoms in total. The van der Waals surface area contributed by atoms with Crippen molar-refractivity contribution in [3.05, 3.63) is 46.2 Å². The van der Waals surface area contributed by atoms with Gasteiger partial charge in [-0.2, -0.15) is 8.42 Å². The zero-order chi connectivity index (χ0) is 25.9. The molecule has 0 aliphatic carbocycles. The topological polar surface area (TPSA) is 129 Å². The number of hydrogen-bond acceptors (Lipinski definition) is 9. The summed E-state index contributed by atoms with van der Waals surface area (Å²) in [4.78, 5) is 25.1. The van der Waals surface area contributed by atoms with Crippen molar-refractivity contribution >= 4 is 32.1 Å². The molecule has 6 bridgehead atoms. The van der Waals surface area contributed by atoms with Crippen molar-refractivity contribution in [3.8, 4) is 22.9 Å². The second kappa shape index (κ2) is 8.82. The molecule has 6 rings (SSSR count). The molecule has 0 amide bonds. The Balaban J connectivity index is 1.61. The fourth-order valence-electron chi connectivity index (χ4n) is 5.22. The molecule has 37 heavy (non-hydrogen) atoms. The first-order chi connectivity index (χ1) is 17.7. The average molecular weight is 526 g/mol. The number of ether oxygens (including phenoxy) is 2. The van der Waals surface area contributed by atoms with Crippen LogP contribution in [0, 0.1) is 0 Å². The van der Waals surface area contributed by atoms with Gasteiger partial charge >= 0.3 is 0 Å². The summed E-state index contributed by atoms with van der Waals surface area (Å²) >= 11 is 0. The predicted molar refractivity (Wildman–Crippen MR) is 137 cm³/mol. The molecule has 3 atom stereocenters. The Bertz CT molecular complexity index is 1700. The number of nitrogens with zero attached hydrogens (tertiary/aromatic N) is 4. The Kier molecular flexibility index (Phi) is 5.70. The van der Waals surface area contributed by atoms with E-state index in [0.717, 1.165) is 12.7 Å². The molecule has 4 aromatic rings. The van der Waals surface area contributed by atoms with Crippen molar-refractivity contribution in [3.63, 3.8) is 0 Å². The maximum atomic E-state index is 13.2. The summed E-state index contributed by atoms with van der Waals surface area (Å²) in [5, 5.41) is 3.85. The molecule has 194 valence electrons. The van der Waals surface area contributed by atoms with E-state index in [4.69, 9.17) is 23.6 Å². The van der Waals surface area contributed by atoms with Gasteiger partial charge in [0, 0.05) is 31.1 Å². The molecule has 2 aliphatic heterocycles. The van der Waals surface area contributed by atoms with Crippen LogP contribution < -0.4 is 15.0 Å². The molecule has 4 heterocycles. The van der Waals surface area contributed by atoms with Gasteiger partial charge in [-0.25, -0.2) is 9.97 Å². The number of nitrogens with one attached hydrogen (secondary N) is 1. The van der Waals surface area contributed by atoms with E-state index >= 15 is 0 Å². The second-order valence-electron chi connectivity index (χ2n) is 9.63. The third kappa shape index (κ3) is 4.34.